The Hall–Kier alpha value is -2.38. The number of ether oxygens (including phenoxy) is 1. The van der Waals surface area contributed by atoms with E-state index >= 15 is 0 Å². The molecule has 0 aliphatic carbocycles. The fraction of sp³-hybridized carbons (Fsp3) is 0.647. The zero-order chi connectivity index (χ0) is 19.0. The van der Waals surface area contributed by atoms with Gasteiger partial charge >= 0.3 is 11.9 Å². The second kappa shape index (κ2) is 9.19. The molecule has 1 atom stereocenters. The average Bonchev–Trinajstić information content (AvgIpc) is 2.55. The highest BCUT2D eigenvalue weighted by Gasteiger charge is 2.25. The molecular weight excluding hydrogens is 324 g/mol. The first-order valence-corrected chi connectivity index (χ1v) is 8.59. The van der Waals surface area contributed by atoms with Crippen molar-refractivity contribution in [3.63, 3.8) is 0 Å². The molecule has 2 rings (SSSR count). The highest BCUT2D eigenvalue weighted by molar-refractivity contribution is 5.68. The SMILES string of the molecule is CC.CC(C)(C)OC(=O)NC1CCCN(c2ccc([N+](=O)[O-])nc2)C1. The summed E-state index contributed by atoms with van der Waals surface area (Å²) < 4.78 is 5.27. The lowest BCUT2D eigenvalue weighted by molar-refractivity contribution is -0.389. The Balaban J connectivity index is 0.00000151. The van der Waals surface area contributed by atoms with Crippen LogP contribution in [0, 0.1) is 10.1 Å². The Morgan fingerprint density at radius 1 is 1.40 bits per heavy atom. The van der Waals surface area contributed by atoms with E-state index in [-0.39, 0.29) is 11.9 Å². The summed E-state index contributed by atoms with van der Waals surface area (Å²) in [5.41, 5.74) is 0.284. The Morgan fingerprint density at radius 3 is 2.60 bits per heavy atom. The van der Waals surface area contributed by atoms with E-state index in [0.717, 1.165) is 25.1 Å². The van der Waals surface area contributed by atoms with Crippen LogP contribution in [0.15, 0.2) is 18.3 Å². The number of hydrogen-bond acceptors (Lipinski definition) is 6. The van der Waals surface area contributed by atoms with E-state index in [1.807, 2.05) is 34.6 Å². The fourth-order valence-electron chi connectivity index (χ4n) is 2.48. The number of anilines is 1. The molecule has 1 saturated heterocycles. The van der Waals surface area contributed by atoms with Crippen LogP contribution in [-0.2, 0) is 4.74 Å². The van der Waals surface area contributed by atoms with Crippen molar-refractivity contribution in [2.24, 2.45) is 0 Å². The van der Waals surface area contributed by atoms with Crippen molar-refractivity contribution in [1.82, 2.24) is 10.3 Å². The van der Waals surface area contributed by atoms with E-state index in [1.54, 1.807) is 6.07 Å². The molecule has 1 aromatic rings. The molecule has 8 heteroatoms. The van der Waals surface area contributed by atoms with E-state index in [2.05, 4.69) is 15.2 Å². The van der Waals surface area contributed by atoms with Crippen molar-refractivity contribution in [3.05, 3.63) is 28.4 Å². The number of piperidine rings is 1. The van der Waals surface area contributed by atoms with Crippen LogP contribution in [0.25, 0.3) is 0 Å². The van der Waals surface area contributed by atoms with Crippen molar-refractivity contribution >= 4 is 17.6 Å². The van der Waals surface area contributed by atoms with Crippen LogP contribution >= 0.6 is 0 Å². The van der Waals surface area contributed by atoms with Gasteiger partial charge in [0.05, 0.1) is 5.69 Å². The van der Waals surface area contributed by atoms with Gasteiger partial charge in [-0.1, -0.05) is 13.8 Å². The Morgan fingerprint density at radius 2 is 2.08 bits per heavy atom. The molecule has 0 bridgehead atoms. The van der Waals surface area contributed by atoms with Gasteiger partial charge in [-0.15, -0.1) is 0 Å². The maximum Gasteiger partial charge on any atom is 0.407 e. The third-order valence-electron chi connectivity index (χ3n) is 3.43. The number of pyridine rings is 1. The summed E-state index contributed by atoms with van der Waals surface area (Å²) in [6.45, 7) is 10.9. The lowest BCUT2D eigenvalue weighted by atomic mass is 10.1. The second-order valence-electron chi connectivity index (χ2n) is 6.56. The minimum absolute atomic E-state index is 0.0196. The summed E-state index contributed by atoms with van der Waals surface area (Å²) in [6, 6.07) is 3.05. The quantitative estimate of drug-likeness (QED) is 0.660. The van der Waals surface area contributed by atoms with Crippen molar-refractivity contribution in [2.75, 3.05) is 18.0 Å². The smallest absolute Gasteiger partial charge is 0.407 e. The molecule has 1 aliphatic rings. The molecule has 0 spiro atoms. The zero-order valence-electron chi connectivity index (χ0n) is 15.6. The summed E-state index contributed by atoms with van der Waals surface area (Å²) >= 11 is 0. The number of nitrogens with zero attached hydrogens (tertiary/aromatic N) is 3. The number of hydrogen-bond donors (Lipinski definition) is 1. The Kier molecular flexibility index (Phi) is 7.60. The number of nitrogens with one attached hydrogen (secondary N) is 1. The molecular formula is C17H28N4O4. The van der Waals surface area contributed by atoms with E-state index in [0.29, 0.717) is 6.54 Å². The van der Waals surface area contributed by atoms with E-state index in [9.17, 15) is 14.9 Å². The average molecular weight is 352 g/mol. The van der Waals surface area contributed by atoms with Crippen LogP contribution < -0.4 is 10.2 Å². The molecule has 25 heavy (non-hydrogen) atoms. The van der Waals surface area contributed by atoms with Gasteiger partial charge in [0.2, 0.25) is 0 Å². The van der Waals surface area contributed by atoms with Crippen LogP contribution in [-0.4, -0.2) is 40.7 Å². The predicted molar refractivity (Wildman–Crippen MR) is 96.8 cm³/mol. The first-order chi connectivity index (χ1) is 11.7. The highest BCUT2D eigenvalue weighted by atomic mass is 16.6. The van der Waals surface area contributed by atoms with Gasteiger partial charge in [0.1, 0.15) is 5.60 Å². The number of amides is 1. The van der Waals surface area contributed by atoms with Gasteiger partial charge in [-0.25, -0.2) is 4.79 Å². The minimum Gasteiger partial charge on any atom is -0.444 e. The fourth-order valence-corrected chi connectivity index (χ4v) is 2.48. The number of alkyl carbamates (subject to hydrolysis) is 1. The maximum atomic E-state index is 11.9. The van der Waals surface area contributed by atoms with Gasteiger partial charge in [-0.05, 0) is 49.6 Å². The molecule has 140 valence electrons. The number of carbonyl (C=O) groups is 1. The summed E-state index contributed by atoms with van der Waals surface area (Å²) in [7, 11) is 0. The van der Waals surface area contributed by atoms with E-state index < -0.39 is 16.6 Å². The van der Waals surface area contributed by atoms with Crippen LogP contribution in [0.5, 0.6) is 0 Å². The van der Waals surface area contributed by atoms with Gasteiger partial charge in [-0.3, -0.25) is 0 Å². The van der Waals surface area contributed by atoms with E-state index in [1.165, 1.54) is 12.3 Å². The van der Waals surface area contributed by atoms with Crippen LogP contribution in [0.2, 0.25) is 0 Å². The number of carbonyl (C=O) groups excluding carboxylic acids is 1. The van der Waals surface area contributed by atoms with Crippen LogP contribution in [0.4, 0.5) is 16.3 Å². The second-order valence-corrected chi connectivity index (χ2v) is 6.56. The number of rotatable bonds is 3. The number of aromatic nitrogens is 1. The molecule has 8 nitrogen and oxygen atoms in total. The van der Waals surface area contributed by atoms with Crippen molar-refractivity contribution in [2.45, 2.75) is 59.1 Å². The van der Waals surface area contributed by atoms with E-state index in [4.69, 9.17) is 4.74 Å². The van der Waals surface area contributed by atoms with Crippen molar-refractivity contribution < 1.29 is 14.5 Å². The predicted octanol–water partition coefficient (Wildman–Crippen LogP) is 3.51. The van der Waals surface area contributed by atoms with Crippen molar-refractivity contribution in [1.29, 1.82) is 0 Å². The van der Waals surface area contributed by atoms with Gasteiger partial charge < -0.3 is 25.1 Å². The molecule has 1 fully saturated rings. The molecule has 1 amide bonds. The summed E-state index contributed by atoms with van der Waals surface area (Å²) in [5, 5.41) is 13.5. The lowest BCUT2D eigenvalue weighted by Gasteiger charge is -2.34. The number of nitro groups is 1. The molecule has 1 aliphatic heterocycles. The van der Waals surface area contributed by atoms with Gasteiger partial charge in [0.15, 0.2) is 6.20 Å². The molecule has 1 aromatic heterocycles. The van der Waals surface area contributed by atoms with Gasteiger partial charge in [-0.2, -0.15) is 0 Å². The maximum absolute atomic E-state index is 11.9. The van der Waals surface area contributed by atoms with Crippen molar-refractivity contribution in [3.8, 4) is 0 Å². The standard InChI is InChI=1S/C15H22N4O4.C2H6/c1-15(2,3)23-14(20)17-11-5-4-8-18(10-11)12-6-7-13(16-9-12)19(21)22;1-2/h6-7,9,11H,4-5,8,10H2,1-3H3,(H,17,20);1-2H3. The highest BCUT2D eigenvalue weighted by Crippen LogP contribution is 2.21. The normalized spacial score (nSPS) is 17.2. The van der Waals surface area contributed by atoms with Gasteiger partial charge in [0, 0.05) is 25.2 Å². The molecule has 2 heterocycles. The molecule has 1 unspecified atom stereocenters. The first-order valence-electron chi connectivity index (χ1n) is 8.59. The zero-order valence-corrected chi connectivity index (χ0v) is 15.6. The van der Waals surface area contributed by atoms with Crippen LogP contribution in [0.1, 0.15) is 47.5 Å². The molecule has 0 radical (unpaired) electrons. The molecule has 0 aromatic carbocycles. The summed E-state index contributed by atoms with van der Waals surface area (Å²) in [6.07, 6.45) is 2.85. The largest absolute Gasteiger partial charge is 0.444 e. The Bertz CT molecular complexity index is 569. The summed E-state index contributed by atoms with van der Waals surface area (Å²) in [5.74, 6) is -0.172. The van der Waals surface area contributed by atoms with Crippen LogP contribution in [0.3, 0.4) is 0 Å². The van der Waals surface area contributed by atoms with Gasteiger partial charge in [0.25, 0.3) is 0 Å². The first kappa shape index (κ1) is 20.7. The monoisotopic (exact) mass is 352 g/mol. The third-order valence-corrected chi connectivity index (χ3v) is 3.43. The Labute approximate surface area is 148 Å². The minimum atomic E-state index is -0.527. The summed E-state index contributed by atoms with van der Waals surface area (Å²) in [4.78, 5) is 27.9. The molecule has 1 N–H and O–H groups in total. The topological polar surface area (TPSA) is 97.6 Å². The lowest BCUT2D eigenvalue weighted by Crippen LogP contribution is -2.49. The third kappa shape index (κ3) is 6.94. The molecule has 0 saturated carbocycles.